The fourth-order valence-corrected chi connectivity index (χ4v) is 9.59. The SMILES string of the molecule is CC/C=C\C/C=C\C/C=C\CCCCCCCC(=O)OCC(COC(=O)CCCCCCCCCCCC/C=C\C/C=C\C/C=C\CCCCCCC)OC(=O)CCCCCCCCCC/C=C\C/C=C\C/C=C\CCCCCCC. The Kier molecular flexibility index (Phi) is 65.2. The molecule has 0 bridgehead atoms. The van der Waals surface area contributed by atoms with Crippen molar-refractivity contribution < 1.29 is 28.6 Å². The van der Waals surface area contributed by atoms with Gasteiger partial charge in [0, 0.05) is 19.3 Å². The van der Waals surface area contributed by atoms with Crippen LogP contribution in [0.25, 0.3) is 0 Å². The molecule has 0 aromatic carbocycles. The van der Waals surface area contributed by atoms with Crippen LogP contribution in [0.15, 0.2) is 109 Å². The fourth-order valence-electron chi connectivity index (χ4n) is 9.59. The third kappa shape index (κ3) is 66.8. The number of hydrogen-bond donors (Lipinski definition) is 0. The van der Waals surface area contributed by atoms with Crippen LogP contribution >= 0.6 is 0 Å². The number of carbonyl (C=O) groups excluding carboxylic acids is 3. The summed E-state index contributed by atoms with van der Waals surface area (Å²) in [5.74, 6) is -0.907. The molecular weight excluding hydrogens is 997 g/mol. The minimum atomic E-state index is -0.795. The van der Waals surface area contributed by atoms with E-state index in [9.17, 15) is 14.4 Å². The third-order valence-corrected chi connectivity index (χ3v) is 14.7. The molecule has 0 aliphatic carbocycles. The molecule has 81 heavy (non-hydrogen) atoms. The van der Waals surface area contributed by atoms with Crippen molar-refractivity contribution in [3.8, 4) is 0 Å². The zero-order valence-electron chi connectivity index (χ0n) is 53.3. The molecule has 0 radical (unpaired) electrons. The Labute approximate surface area is 501 Å². The number of hydrogen-bond acceptors (Lipinski definition) is 6. The molecule has 6 heteroatoms. The first-order valence-corrected chi connectivity index (χ1v) is 34.4. The number of rotatable bonds is 62. The van der Waals surface area contributed by atoms with Gasteiger partial charge in [-0.25, -0.2) is 0 Å². The maximum atomic E-state index is 13.0. The lowest BCUT2D eigenvalue weighted by Crippen LogP contribution is -2.30. The van der Waals surface area contributed by atoms with Crippen molar-refractivity contribution in [1.29, 1.82) is 0 Å². The molecular formula is C75H128O6. The summed E-state index contributed by atoms with van der Waals surface area (Å²) in [5, 5.41) is 0. The van der Waals surface area contributed by atoms with Crippen LogP contribution in [0.5, 0.6) is 0 Å². The van der Waals surface area contributed by atoms with E-state index in [-0.39, 0.29) is 31.1 Å². The number of esters is 3. The van der Waals surface area contributed by atoms with Crippen LogP contribution in [0.3, 0.4) is 0 Å². The van der Waals surface area contributed by atoms with Crippen molar-refractivity contribution in [2.45, 2.75) is 335 Å². The van der Waals surface area contributed by atoms with Crippen LogP contribution in [0.2, 0.25) is 0 Å². The lowest BCUT2D eigenvalue weighted by atomic mass is 10.1. The van der Waals surface area contributed by atoms with Gasteiger partial charge in [0.05, 0.1) is 0 Å². The number of ether oxygens (including phenoxy) is 3. The van der Waals surface area contributed by atoms with Gasteiger partial charge < -0.3 is 14.2 Å². The molecule has 6 nitrogen and oxygen atoms in total. The highest BCUT2D eigenvalue weighted by Crippen LogP contribution is 2.16. The van der Waals surface area contributed by atoms with Crippen molar-refractivity contribution in [3.05, 3.63) is 109 Å². The first-order valence-electron chi connectivity index (χ1n) is 34.4. The van der Waals surface area contributed by atoms with Crippen molar-refractivity contribution in [2.75, 3.05) is 13.2 Å². The molecule has 0 amide bonds. The Hall–Kier alpha value is -3.93. The molecule has 0 heterocycles. The van der Waals surface area contributed by atoms with Crippen LogP contribution < -0.4 is 0 Å². The maximum absolute atomic E-state index is 13.0. The Bertz CT molecular complexity index is 1620. The lowest BCUT2D eigenvalue weighted by Gasteiger charge is -2.18. The van der Waals surface area contributed by atoms with Gasteiger partial charge in [-0.05, 0) is 128 Å². The standard InChI is InChI=1S/C75H128O6/c1-4-7-10-13-16-19-22-25-28-30-32-34-36-37-39-40-42-44-47-50-53-56-59-62-65-68-74(77)80-71-72(70-79-73(76)67-64-61-58-55-52-49-46-27-24-21-18-15-12-9-6-3)81-75(78)69-66-63-60-57-54-51-48-45-43-41-38-35-33-31-29-26-23-20-17-14-11-8-5-2/h9,12,18,21-23,25-27,30-33,36-38,41,46,72H,4-8,10-11,13-17,19-20,24,28-29,34-35,39-40,42-45,47-71H2,1-3H3/b12-9-,21-18-,25-22-,26-23-,32-30-,33-31-,37-36-,41-38-,46-27-. The number of carbonyl (C=O) groups is 3. The normalized spacial score (nSPS) is 12.8. The molecule has 1 atom stereocenters. The zero-order chi connectivity index (χ0) is 58.5. The topological polar surface area (TPSA) is 78.9 Å². The minimum absolute atomic E-state index is 0.0893. The Morgan fingerprint density at radius 2 is 0.481 bits per heavy atom. The van der Waals surface area contributed by atoms with Crippen molar-refractivity contribution in [2.24, 2.45) is 0 Å². The van der Waals surface area contributed by atoms with Gasteiger partial charge in [-0.15, -0.1) is 0 Å². The van der Waals surface area contributed by atoms with E-state index in [1.54, 1.807) is 0 Å². The largest absolute Gasteiger partial charge is 0.462 e. The predicted octanol–water partition coefficient (Wildman–Crippen LogP) is 23.8. The van der Waals surface area contributed by atoms with Gasteiger partial charge in [0.2, 0.25) is 0 Å². The summed E-state index contributed by atoms with van der Waals surface area (Å²) in [6.45, 7) is 6.51. The van der Waals surface area contributed by atoms with Gasteiger partial charge in [-0.1, -0.05) is 291 Å². The molecule has 0 fully saturated rings. The van der Waals surface area contributed by atoms with E-state index in [1.165, 1.54) is 161 Å². The van der Waals surface area contributed by atoms with E-state index in [0.29, 0.717) is 19.3 Å². The van der Waals surface area contributed by atoms with E-state index >= 15 is 0 Å². The zero-order valence-corrected chi connectivity index (χ0v) is 53.3. The van der Waals surface area contributed by atoms with Crippen molar-refractivity contribution in [3.63, 3.8) is 0 Å². The number of unbranched alkanes of at least 4 members (excludes halogenated alkanes) is 33. The molecule has 0 N–H and O–H groups in total. The first-order chi connectivity index (χ1) is 40.0. The maximum Gasteiger partial charge on any atom is 0.306 e. The second-order valence-electron chi connectivity index (χ2n) is 22.7. The van der Waals surface area contributed by atoms with E-state index in [0.717, 1.165) is 128 Å². The van der Waals surface area contributed by atoms with Crippen LogP contribution in [0, 0.1) is 0 Å². The van der Waals surface area contributed by atoms with Crippen LogP contribution in [0.4, 0.5) is 0 Å². The van der Waals surface area contributed by atoms with E-state index in [4.69, 9.17) is 14.2 Å². The molecule has 0 saturated carbocycles. The van der Waals surface area contributed by atoms with Gasteiger partial charge in [-0.3, -0.25) is 14.4 Å². The van der Waals surface area contributed by atoms with Crippen molar-refractivity contribution in [1.82, 2.24) is 0 Å². The fraction of sp³-hybridized carbons (Fsp3) is 0.720. The van der Waals surface area contributed by atoms with Crippen LogP contribution in [-0.4, -0.2) is 37.2 Å². The molecule has 0 aromatic heterocycles. The van der Waals surface area contributed by atoms with Crippen molar-refractivity contribution >= 4 is 17.9 Å². The highest BCUT2D eigenvalue weighted by molar-refractivity contribution is 5.71. The molecule has 0 rings (SSSR count). The molecule has 1 unspecified atom stereocenters. The number of allylic oxidation sites excluding steroid dienone is 18. The highest BCUT2D eigenvalue weighted by Gasteiger charge is 2.19. The van der Waals surface area contributed by atoms with E-state index in [2.05, 4.69) is 130 Å². The minimum Gasteiger partial charge on any atom is -0.462 e. The predicted molar refractivity (Wildman–Crippen MR) is 353 cm³/mol. The summed E-state index contributed by atoms with van der Waals surface area (Å²) in [5.41, 5.74) is 0. The van der Waals surface area contributed by atoms with Crippen LogP contribution in [0.1, 0.15) is 329 Å². The molecule has 0 saturated heterocycles. The van der Waals surface area contributed by atoms with E-state index < -0.39 is 6.10 Å². The summed E-state index contributed by atoms with van der Waals surface area (Å²) in [7, 11) is 0. The lowest BCUT2D eigenvalue weighted by molar-refractivity contribution is -0.167. The second-order valence-corrected chi connectivity index (χ2v) is 22.7. The molecule has 464 valence electrons. The first kappa shape index (κ1) is 77.1. The Morgan fingerprint density at radius 1 is 0.259 bits per heavy atom. The third-order valence-electron chi connectivity index (χ3n) is 14.7. The van der Waals surface area contributed by atoms with E-state index in [1.807, 2.05) is 0 Å². The average Bonchev–Trinajstić information content (AvgIpc) is 3.47. The quantitative estimate of drug-likeness (QED) is 0.0261. The molecule has 0 aromatic rings. The summed E-state index contributed by atoms with van der Waals surface area (Å²) < 4.78 is 17.0. The Balaban J connectivity index is 4.38. The Morgan fingerprint density at radius 3 is 0.753 bits per heavy atom. The summed E-state index contributed by atoms with van der Waals surface area (Å²) in [6, 6.07) is 0. The molecule has 0 aliphatic rings. The summed E-state index contributed by atoms with van der Waals surface area (Å²) >= 11 is 0. The molecule has 0 aliphatic heterocycles. The average molecular weight is 1130 g/mol. The second kappa shape index (κ2) is 68.6. The van der Waals surface area contributed by atoms with Crippen LogP contribution in [-0.2, 0) is 28.6 Å². The van der Waals surface area contributed by atoms with Gasteiger partial charge in [-0.2, -0.15) is 0 Å². The van der Waals surface area contributed by atoms with Gasteiger partial charge in [0.1, 0.15) is 13.2 Å². The van der Waals surface area contributed by atoms with Gasteiger partial charge >= 0.3 is 17.9 Å². The van der Waals surface area contributed by atoms with Gasteiger partial charge in [0.25, 0.3) is 0 Å². The highest BCUT2D eigenvalue weighted by atomic mass is 16.6. The van der Waals surface area contributed by atoms with Gasteiger partial charge in [0.15, 0.2) is 6.10 Å². The monoisotopic (exact) mass is 1120 g/mol. The summed E-state index contributed by atoms with van der Waals surface area (Å²) in [4.78, 5) is 38.4. The summed E-state index contributed by atoms with van der Waals surface area (Å²) in [6.07, 6.45) is 93.8. The smallest absolute Gasteiger partial charge is 0.306 e. The molecule has 0 spiro atoms.